The van der Waals surface area contributed by atoms with Crippen LogP contribution in [-0.2, 0) is 22.6 Å². The molecule has 0 radical (unpaired) electrons. The number of piperidine rings is 1. The Hall–Kier alpha value is -2.57. The Kier molecular flexibility index (Phi) is 5.24. The van der Waals surface area contributed by atoms with Crippen LogP contribution in [0.15, 0.2) is 24.3 Å². The zero-order valence-corrected chi connectivity index (χ0v) is 16.2. The number of amides is 4. The standard InChI is InChI=1S/C21H28N4O3/c22-19(26)18-13-16-5-1-2-6-17(16)14-25(18)20(27)15-7-11-24(12-8-15)21(28)23-9-3-4-10-23/h1-2,5-6,15,18H,3-4,7-14H2,(H2,22,26)/t18-/m0/s1. The van der Waals surface area contributed by atoms with E-state index in [1.54, 1.807) is 4.90 Å². The van der Waals surface area contributed by atoms with E-state index >= 15 is 0 Å². The monoisotopic (exact) mass is 384 g/mol. The molecule has 2 fully saturated rings. The first kappa shape index (κ1) is 18.8. The topological polar surface area (TPSA) is 87.0 Å². The van der Waals surface area contributed by atoms with Crippen LogP contribution >= 0.6 is 0 Å². The van der Waals surface area contributed by atoms with Gasteiger partial charge in [-0.15, -0.1) is 0 Å². The molecule has 0 saturated carbocycles. The summed E-state index contributed by atoms with van der Waals surface area (Å²) in [6, 6.07) is 7.41. The number of rotatable bonds is 2. The van der Waals surface area contributed by atoms with Crippen molar-refractivity contribution in [2.75, 3.05) is 26.2 Å². The van der Waals surface area contributed by atoms with Gasteiger partial charge in [-0.05, 0) is 36.8 Å². The summed E-state index contributed by atoms with van der Waals surface area (Å²) in [6.45, 7) is 3.29. The molecule has 3 heterocycles. The molecule has 3 aliphatic rings. The molecule has 1 atom stereocenters. The van der Waals surface area contributed by atoms with Gasteiger partial charge in [0.05, 0.1) is 0 Å². The molecule has 7 heteroatoms. The van der Waals surface area contributed by atoms with Crippen molar-refractivity contribution in [2.45, 2.75) is 44.7 Å². The summed E-state index contributed by atoms with van der Waals surface area (Å²) in [5, 5.41) is 0. The fourth-order valence-electron chi connectivity index (χ4n) is 4.67. The maximum atomic E-state index is 13.2. The molecule has 4 amide bonds. The highest BCUT2D eigenvalue weighted by Gasteiger charge is 2.38. The molecule has 2 saturated heterocycles. The third-order valence-electron chi connectivity index (χ3n) is 6.35. The number of likely N-dealkylation sites (tertiary alicyclic amines) is 2. The van der Waals surface area contributed by atoms with Crippen molar-refractivity contribution in [3.8, 4) is 0 Å². The van der Waals surface area contributed by atoms with Gasteiger partial charge in [-0.1, -0.05) is 24.3 Å². The highest BCUT2D eigenvalue weighted by atomic mass is 16.2. The number of primary amides is 1. The molecule has 2 N–H and O–H groups in total. The lowest BCUT2D eigenvalue weighted by Crippen LogP contribution is -2.54. The maximum absolute atomic E-state index is 13.2. The number of hydrogen-bond donors (Lipinski definition) is 1. The first-order valence-electron chi connectivity index (χ1n) is 10.2. The summed E-state index contributed by atoms with van der Waals surface area (Å²) in [7, 11) is 0. The Labute approximate surface area is 165 Å². The van der Waals surface area contributed by atoms with Crippen LogP contribution < -0.4 is 5.73 Å². The Morgan fingerprint density at radius 3 is 2.14 bits per heavy atom. The van der Waals surface area contributed by atoms with Gasteiger partial charge in [-0.3, -0.25) is 9.59 Å². The molecule has 7 nitrogen and oxygen atoms in total. The van der Waals surface area contributed by atoms with Gasteiger partial charge >= 0.3 is 6.03 Å². The molecule has 1 aromatic rings. The van der Waals surface area contributed by atoms with E-state index in [1.807, 2.05) is 34.1 Å². The summed E-state index contributed by atoms with van der Waals surface area (Å²) < 4.78 is 0. The Morgan fingerprint density at radius 2 is 1.50 bits per heavy atom. The third kappa shape index (κ3) is 3.57. The highest BCUT2D eigenvalue weighted by molar-refractivity contribution is 5.88. The minimum Gasteiger partial charge on any atom is -0.368 e. The quantitative estimate of drug-likeness (QED) is 0.835. The van der Waals surface area contributed by atoms with Crippen LogP contribution in [0.5, 0.6) is 0 Å². The van der Waals surface area contributed by atoms with Crippen LogP contribution in [0, 0.1) is 5.92 Å². The van der Waals surface area contributed by atoms with Gasteiger partial charge < -0.3 is 20.4 Å². The van der Waals surface area contributed by atoms with E-state index in [0.717, 1.165) is 37.1 Å². The van der Waals surface area contributed by atoms with E-state index in [-0.39, 0.29) is 17.9 Å². The highest BCUT2D eigenvalue weighted by Crippen LogP contribution is 2.28. The van der Waals surface area contributed by atoms with E-state index in [0.29, 0.717) is 38.9 Å². The summed E-state index contributed by atoms with van der Waals surface area (Å²) in [5.74, 6) is -0.620. The molecule has 1 aromatic carbocycles. The fraction of sp³-hybridized carbons (Fsp3) is 0.571. The molecule has 0 aliphatic carbocycles. The van der Waals surface area contributed by atoms with Gasteiger partial charge in [0.15, 0.2) is 0 Å². The summed E-state index contributed by atoms with van der Waals surface area (Å²) in [6.07, 6.45) is 3.91. The van der Waals surface area contributed by atoms with E-state index < -0.39 is 11.9 Å². The first-order chi connectivity index (χ1) is 13.5. The van der Waals surface area contributed by atoms with E-state index in [1.165, 1.54) is 0 Å². The van der Waals surface area contributed by atoms with Crippen LogP contribution in [0.2, 0.25) is 0 Å². The lowest BCUT2D eigenvalue weighted by Gasteiger charge is -2.40. The van der Waals surface area contributed by atoms with Gasteiger partial charge in [0.1, 0.15) is 6.04 Å². The summed E-state index contributed by atoms with van der Waals surface area (Å²) in [5.41, 5.74) is 7.79. The predicted octanol–water partition coefficient (Wildman–Crippen LogP) is 1.35. The zero-order chi connectivity index (χ0) is 19.7. The van der Waals surface area contributed by atoms with Crippen molar-refractivity contribution >= 4 is 17.8 Å². The average Bonchev–Trinajstić information content (AvgIpc) is 3.26. The molecule has 0 aromatic heterocycles. The molecule has 4 rings (SSSR count). The molecule has 150 valence electrons. The van der Waals surface area contributed by atoms with Gasteiger partial charge in [0.2, 0.25) is 11.8 Å². The Morgan fingerprint density at radius 1 is 0.893 bits per heavy atom. The summed E-state index contributed by atoms with van der Waals surface area (Å²) in [4.78, 5) is 43.2. The number of carbonyl (C=O) groups is 3. The second kappa shape index (κ2) is 7.81. The molecule has 3 aliphatic heterocycles. The summed E-state index contributed by atoms with van der Waals surface area (Å²) >= 11 is 0. The van der Waals surface area contributed by atoms with E-state index in [2.05, 4.69) is 0 Å². The molecule has 0 spiro atoms. The van der Waals surface area contributed by atoms with Crippen molar-refractivity contribution in [3.63, 3.8) is 0 Å². The van der Waals surface area contributed by atoms with Crippen LogP contribution in [-0.4, -0.2) is 64.8 Å². The molecule has 0 bridgehead atoms. The number of benzene rings is 1. The van der Waals surface area contributed by atoms with Crippen molar-refractivity contribution in [1.29, 1.82) is 0 Å². The molecular formula is C21H28N4O3. The average molecular weight is 384 g/mol. The number of urea groups is 1. The number of nitrogens with zero attached hydrogens (tertiary/aromatic N) is 3. The van der Waals surface area contributed by atoms with Crippen LogP contribution in [0.4, 0.5) is 4.79 Å². The van der Waals surface area contributed by atoms with Crippen LogP contribution in [0.3, 0.4) is 0 Å². The van der Waals surface area contributed by atoms with Crippen molar-refractivity contribution in [2.24, 2.45) is 11.7 Å². The maximum Gasteiger partial charge on any atom is 0.319 e. The van der Waals surface area contributed by atoms with E-state index in [4.69, 9.17) is 5.73 Å². The van der Waals surface area contributed by atoms with Gasteiger partial charge in [-0.2, -0.15) is 0 Å². The number of carbonyl (C=O) groups excluding carboxylic acids is 3. The Bertz CT molecular complexity index is 767. The number of fused-ring (bicyclic) bond motifs is 1. The normalized spacial score (nSPS) is 22.9. The molecular weight excluding hydrogens is 356 g/mol. The minimum atomic E-state index is -0.591. The van der Waals surface area contributed by atoms with Gasteiger partial charge in [0.25, 0.3) is 0 Å². The predicted molar refractivity (Wildman–Crippen MR) is 104 cm³/mol. The molecule has 28 heavy (non-hydrogen) atoms. The molecule has 0 unspecified atom stereocenters. The van der Waals surface area contributed by atoms with E-state index in [9.17, 15) is 14.4 Å². The second-order valence-corrected chi connectivity index (χ2v) is 8.10. The lowest BCUT2D eigenvalue weighted by atomic mass is 9.89. The van der Waals surface area contributed by atoms with Crippen molar-refractivity contribution in [1.82, 2.24) is 14.7 Å². The van der Waals surface area contributed by atoms with Crippen LogP contribution in [0.1, 0.15) is 36.8 Å². The fourth-order valence-corrected chi connectivity index (χ4v) is 4.67. The SMILES string of the molecule is NC(=O)[C@@H]1Cc2ccccc2CN1C(=O)C1CCN(C(=O)N2CCCC2)CC1. The number of nitrogens with two attached hydrogens (primary N) is 1. The first-order valence-corrected chi connectivity index (χ1v) is 10.2. The van der Waals surface area contributed by atoms with Crippen molar-refractivity contribution < 1.29 is 14.4 Å². The van der Waals surface area contributed by atoms with Gasteiger partial charge in [0, 0.05) is 45.1 Å². The number of hydrogen-bond acceptors (Lipinski definition) is 3. The lowest BCUT2D eigenvalue weighted by molar-refractivity contribution is -0.145. The van der Waals surface area contributed by atoms with Crippen molar-refractivity contribution in [3.05, 3.63) is 35.4 Å². The third-order valence-corrected chi connectivity index (χ3v) is 6.35. The smallest absolute Gasteiger partial charge is 0.319 e. The zero-order valence-electron chi connectivity index (χ0n) is 16.2. The van der Waals surface area contributed by atoms with Crippen LogP contribution in [0.25, 0.3) is 0 Å². The Balaban J connectivity index is 1.41. The largest absolute Gasteiger partial charge is 0.368 e. The second-order valence-electron chi connectivity index (χ2n) is 8.10. The van der Waals surface area contributed by atoms with Gasteiger partial charge in [-0.25, -0.2) is 4.79 Å². The minimum absolute atomic E-state index is 0.00780.